The van der Waals surface area contributed by atoms with Gasteiger partial charge in [0, 0.05) is 74.3 Å². The average Bonchev–Trinajstić information content (AvgIpc) is 3.39. The first kappa shape index (κ1) is 47.9. The molecule has 2 amide bonds. The molecule has 17 nitrogen and oxygen atoms in total. The maximum atomic E-state index is 13.2. The molecule has 0 aliphatic carbocycles. The Balaban J connectivity index is 0.000000131. The summed E-state index contributed by atoms with van der Waals surface area (Å²) in [5.74, 6) is 1.86. The fourth-order valence-electron chi connectivity index (χ4n) is 9.13. The van der Waals surface area contributed by atoms with Crippen LogP contribution in [0.3, 0.4) is 0 Å². The van der Waals surface area contributed by atoms with E-state index in [2.05, 4.69) is 55.3 Å². The predicted molar refractivity (Wildman–Crippen MR) is 260 cm³/mol. The van der Waals surface area contributed by atoms with Crippen LogP contribution < -0.4 is 36.7 Å². The molecule has 23 heteroatoms. The zero-order valence-electron chi connectivity index (χ0n) is 38.4. The summed E-state index contributed by atoms with van der Waals surface area (Å²) in [4.78, 5) is 71.3. The lowest BCUT2D eigenvalue weighted by molar-refractivity contribution is -0.141. The molecule has 2 saturated heterocycles. The van der Waals surface area contributed by atoms with Crippen molar-refractivity contribution < 1.29 is 31.1 Å². The number of alkyl halides is 6. The van der Waals surface area contributed by atoms with Gasteiger partial charge in [-0.2, -0.15) is 35.9 Å². The van der Waals surface area contributed by atoms with Gasteiger partial charge in [-0.15, -0.1) is 0 Å². The number of rotatable bonds is 4. The molecule has 0 aromatic carbocycles. The van der Waals surface area contributed by atoms with Gasteiger partial charge in [-0.3, -0.25) is 24.6 Å². The Morgan fingerprint density at radius 3 is 1.96 bits per heavy atom. The van der Waals surface area contributed by atoms with Crippen LogP contribution in [-0.2, 0) is 12.4 Å². The van der Waals surface area contributed by atoms with Crippen LogP contribution in [0.4, 0.5) is 60.0 Å². The summed E-state index contributed by atoms with van der Waals surface area (Å²) in [5.41, 5.74) is 0.685. The zero-order valence-corrected chi connectivity index (χ0v) is 38.4. The lowest BCUT2D eigenvalue weighted by atomic mass is 9.99. The molecule has 0 saturated carbocycles. The number of pyridine rings is 7. The van der Waals surface area contributed by atoms with Crippen LogP contribution in [0, 0.1) is 0 Å². The number of anilines is 5. The van der Waals surface area contributed by atoms with E-state index in [1.165, 1.54) is 22.9 Å². The van der Waals surface area contributed by atoms with E-state index in [4.69, 9.17) is 0 Å². The van der Waals surface area contributed by atoms with E-state index in [1.54, 1.807) is 90.1 Å². The number of hydrogen-bond donors (Lipinski definition) is 2. The van der Waals surface area contributed by atoms with Crippen molar-refractivity contribution in [3.63, 3.8) is 0 Å². The number of halogens is 6. The summed E-state index contributed by atoms with van der Waals surface area (Å²) in [6, 6.07) is 27.4. The van der Waals surface area contributed by atoms with Crippen molar-refractivity contribution in [2.45, 2.75) is 50.1 Å². The molecule has 12 rings (SSSR count). The fraction of sp³-hybridized carbons (Fsp3) is 0.240. The number of piperidine rings is 2. The molecular formula is C50H42F6N14O3. The van der Waals surface area contributed by atoms with Crippen LogP contribution >= 0.6 is 0 Å². The second-order valence-electron chi connectivity index (χ2n) is 17.3. The van der Waals surface area contributed by atoms with E-state index >= 15 is 0 Å². The smallest absolute Gasteiger partial charge is 0.366 e. The molecule has 4 aliphatic rings. The summed E-state index contributed by atoms with van der Waals surface area (Å²) in [6.45, 7) is 3.48. The van der Waals surface area contributed by atoms with Crippen LogP contribution in [0.15, 0.2) is 144 Å². The van der Waals surface area contributed by atoms with Crippen molar-refractivity contribution >= 4 is 40.5 Å². The molecule has 73 heavy (non-hydrogen) atoms. The van der Waals surface area contributed by atoms with E-state index in [-0.39, 0.29) is 23.5 Å². The molecule has 8 aromatic heterocycles. The number of amides is 2. The molecule has 2 N–H and O–H groups in total. The minimum Gasteiger partial charge on any atom is -0.366 e. The van der Waals surface area contributed by atoms with E-state index in [9.17, 15) is 40.7 Å². The molecule has 4 bridgehead atoms. The van der Waals surface area contributed by atoms with Gasteiger partial charge in [-0.1, -0.05) is 18.2 Å². The molecule has 8 aromatic rings. The van der Waals surface area contributed by atoms with Crippen LogP contribution in [0.2, 0.25) is 0 Å². The molecule has 0 radical (unpaired) electrons. The molecule has 2 fully saturated rings. The summed E-state index contributed by atoms with van der Waals surface area (Å²) in [7, 11) is 0. The fourth-order valence-corrected chi connectivity index (χ4v) is 9.13. The second kappa shape index (κ2) is 19.8. The third kappa shape index (κ3) is 10.2. The summed E-state index contributed by atoms with van der Waals surface area (Å²) in [6.07, 6.45) is 1.91. The normalized spacial score (nSPS) is 16.7. The Bertz CT molecular complexity index is 3430. The Hall–Kier alpha value is -8.76. The second-order valence-corrected chi connectivity index (χ2v) is 17.3. The van der Waals surface area contributed by atoms with Crippen LogP contribution in [0.25, 0.3) is 34.0 Å². The van der Waals surface area contributed by atoms with Crippen molar-refractivity contribution in [2.24, 2.45) is 0 Å². The third-order valence-corrected chi connectivity index (χ3v) is 12.5. The predicted octanol–water partition coefficient (Wildman–Crippen LogP) is 8.38. The minimum atomic E-state index is -4.55. The molecule has 0 spiro atoms. The third-order valence-electron chi connectivity index (χ3n) is 12.5. The Morgan fingerprint density at radius 2 is 1.29 bits per heavy atom. The lowest BCUT2D eigenvalue weighted by Crippen LogP contribution is -2.56. The summed E-state index contributed by atoms with van der Waals surface area (Å²) in [5, 5.41) is 6.20. The summed E-state index contributed by atoms with van der Waals surface area (Å²) >= 11 is 0. The first-order chi connectivity index (χ1) is 35.2. The highest BCUT2D eigenvalue weighted by Crippen LogP contribution is 2.41. The van der Waals surface area contributed by atoms with Gasteiger partial charge in [-0.05, 0) is 111 Å². The Labute approximate surface area is 410 Å². The highest BCUT2D eigenvalue weighted by atomic mass is 19.4. The summed E-state index contributed by atoms with van der Waals surface area (Å²) < 4.78 is 80.1. The van der Waals surface area contributed by atoms with Gasteiger partial charge in [0.1, 0.15) is 28.7 Å². The Morgan fingerprint density at radius 1 is 0.644 bits per heavy atom. The van der Waals surface area contributed by atoms with Gasteiger partial charge in [-0.25, -0.2) is 34.3 Å². The SMILES string of the molecule is FC(F)(F)c1cc(-c2ccc3c(n2)N[C@H]2CCCN3C2)ccn1.O=C(Nc1ccccn1)N1c2nc(-c3ccnc(C(F)(F)F)c3)ccc2N2CCC[C@H]1C2.O=c1nc2ccccn2c(=O)n1-c1ccccn1. The van der Waals surface area contributed by atoms with Gasteiger partial charge in [0.15, 0.2) is 11.6 Å². The van der Waals surface area contributed by atoms with Crippen molar-refractivity contribution in [1.29, 1.82) is 0 Å². The van der Waals surface area contributed by atoms with Crippen LogP contribution in [-0.4, -0.2) is 88.1 Å². The van der Waals surface area contributed by atoms with Crippen LogP contribution in [0.5, 0.6) is 0 Å². The molecular weight excluding hydrogens is 959 g/mol. The minimum absolute atomic E-state index is 0.0918. The van der Waals surface area contributed by atoms with Gasteiger partial charge in [0.25, 0.3) is 0 Å². The largest absolute Gasteiger partial charge is 0.433 e. The monoisotopic (exact) mass is 1000 g/mol. The van der Waals surface area contributed by atoms with Crippen molar-refractivity contribution in [2.75, 3.05) is 51.5 Å². The highest BCUT2D eigenvalue weighted by Gasteiger charge is 2.39. The van der Waals surface area contributed by atoms with Gasteiger partial charge in [0.05, 0.1) is 28.8 Å². The quantitative estimate of drug-likeness (QED) is 0.161. The number of carbonyl (C=O) groups excluding carboxylic acids is 1. The maximum absolute atomic E-state index is 13.2. The van der Waals surface area contributed by atoms with Crippen LogP contribution in [0.1, 0.15) is 37.1 Å². The maximum Gasteiger partial charge on any atom is 0.433 e. The zero-order chi connectivity index (χ0) is 50.9. The van der Waals surface area contributed by atoms with Gasteiger partial charge < -0.3 is 15.1 Å². The van der Waals surface area contributed by atoms with E-state index in [1.807, 2.05) is 12.1 Å². The molecule has 372 valence electrons. The van der Waals surface area contributed by atoms with Gasteiger partial charge >= 0.3 is 29.8 Å². The number of urea groups is 1. The first-order valence-electron chi connectivity index (χ1n) is 23.1. The lowest BCUT2D eigenvalue weighted by Gasteiger charge is -2.45. The standard InChI is InChI=1S/C22H19F3N6O.C16H15F3N4.C12H8N4O2/c23-22(24,25)18-12-14(8-10-26-18)16-6-7-17-20(28-16)31(15-4-3-11-30(17)13-15)21(32)29-19-5-1-2-9-27-19;17-16(18,19)14-8-10(5-6-20-14)12-3-4-13-15(22-12)21-11-2-1-7-23(13)9-11;17-11-14-10-6-2-4-8-15(10)12(18)16(11)9-5-1-3-7-13-9/h1-2,5-10,12,15H,3-4,11,13H2,(H,27,29,32);3-6,8,11H,1-2,7,9H2,(H,21,22);1-8H/t15-;11-;/m00./s1. The van der Waals surface area contributed by atoms with Crippen molar-refractivity contribution in [1.82, 2.24) is 43.9 Å². The number of nitrogens with zero attached hydrogens (tertiary/aromatic N) is 12. The van der Waals surface area contributed by atoms with Crippen molar-refractivity contribution in [3.05, 3.63) is 166 Å². The highest BCUT2D eigenvalue weighted by molar-refractivity contribution is 6.04. The number of hydrogen-bond acceptors (Lipinski definition) is 13. The Kier molecular flexibility index (Phi) is 13.0. The van der Waals surface area contributed by atoms with Crippen molar-refractivity contribution in [3.8, 4) is 28.3 Å². The average molecular weight is 1000 g/mol. The number of fused-ring (bicyclic) bond motifs is 9. The molecule has 0 unspecified atom stereocenters. The molecule has 2 atom stereocenters. The van der Waals surface area contributed by atoms with Gasteiger partial charge in [0.2, 0.25) is 0 Å². The van der Waals surface area contributed by atoms with E-state index in [0.717, 1.165) is 85.4 Å². The first-order valence-corrected chi connectivity index (χ1v) is 23.1. The number of aromatic nitrogens is 9. The topological polar surface area (TPSA) is 185 Å². The van der Waals surface area contributed by atoms with E-state index in [0.29, 0.717) is 46.8 Å². The number of nitrogens with one attached hydrogen (secondary N) is 2. The number of carbonyl (C=O) groups is 1. The molecule has 12 heterocycles. The van der Waals surface area contributed by atoms with E-state index < -0.39 is 35.1 Å². The molecule has 4 aliphatic heterocycles.